The lowest BCUT2D eigenvalue weighted by Crippen LogP contribution is -2.58. The molecule has 3 amide bonds. The lowest BCUT2D eigenvalue weighted by Gasteiger charge is -2.25. The van der Waals surface area contributed by atoms with Crippen LogP contribution in [0.5, 0.6) is 0 Å². The predicted molar refractivity (Wildman–Crippen MR) is 113 cm³/mol. The Bertz CT molecular complexity index is 560. The van der Waals surface area contributed by atoms with Crippen molar-refractivity contribution in [2.45, 2.75) is 58.3 Å². The fraction of sp³-hybridized carbons (Fsp3) is 0.765. The Balaban J connectivity index is 5.19. The van der Waals surface area contributed by atoms with Crippen LogP contribution in [0, 0.1) is 11.8 Å². The first kappa shape index (κ1) is 26.5. The number of nitrogens with one attached hydrogen (secondary N) is 3. The second kappa shape index (κ2) is 12.9. The fourth-order valence-corrected chi connectivity index (χ4v) is 2.72. The summed E-state index contributed by atoms with van der Waals surface area (Å²) in [6, 6.07) is -3.90. The minimum Gasteiger partial charge on any atom is -0.480 e. The maximum absolute atomic E-state index is 12.6. The van der Waals surface area contributed by atoms with Gasteiger partial charge in [-0.05, 0) is 18.3 Å². The Kier molecular flexibility index (Phi) is 12.2. The minimum atomic E-state index is -1.17. The minimum absolute atomic E-state index is 0.0412. The molecule has 0 heterocycles. The molecule has 0 rings (SSSR count). The van der Waals surface area contributed by atoms with Gasteiger partial charge < -0.3 is 26.8 Å². The van der Waals surface area contributed by atoms with Crippen LogP contribution < -0.4 is 21.7 Å². The first-order chi connectivity index (χ1) is 12.9. The molecule has 0 bridgehead atoms. The van der Waals surface area contributed by atoms with Crippen molar-refractivity contribution in [3.63, 3.8) is 0 Å². The molecule has 6 N–H and O–H groups in total. The number of amides is 3. The summed E-state index contributed by atoms with van der Waals surface area (Å²) >= 11 is 8.03. The normalized spacial score (nSPS) is 15.5. The van der Waals surface area contributed by atoms with E-state index in [2.05, 4.69) is 41.2 Å². The van der Waals surface area contributed by atoms with Gasteiger partial charge in [-0.3, -0.25) is 14.4 Å². The third-order valence-electron chi connectivity index (χ3n) is 3.92. The molecule has 0 radical (unpaired) electrons. The van der Waals surface area contributed by atoms with Crippen LogP contribution in [0.15, 0.2) is 0 Å². The van der Waals surface area contributed by atoms with Crippen LogP contribution in [0.1, 0.15) is 34.1 Å². The van der Waals surface area contributed by atoms with E-state index < -0.39 is 47.9 Å². The zero-order valence-corrected chi connectivity index (χ0v) is 18.4. The fourth-order valence-electron chi connectivity index (χ4n) is 2.30. The van der Waals surface area contributed by atoms with Gasteiger partial charge in [0.25, 0.3) is 0 Å². The molecule has 0 aromatic rings. The molecule has 0 aliphatic rings. The van der Waals surface area contributed by atoms with Gasteiger partial charge in [0.15, 0.2) is 0 Å². The number of rotatable bonds is 12. The molecule has 4 unspecified atom stereocenters. The van der Waals surface area contributed by atoms with E-state index in [0.29, 0.717) is 6.42 Å². The second-order valence-corrected chi connectivity index (χ2v) is 8.02. The van der Waals surface area contributed by atoms with Crippen molar-refractivity contribution in [2.75, 3.05) is 11.5 Å². The highest BCUT2D eigenvalue weighted by atomic mass is 32.1. The number of aliphatic carboxylic acids is 1. The number of carbonyl (C=O) groups is 4. The van der Waals surface area contributed by atoms with Crippen molar-refractivity contribution in [2.24, 2.45) is 17.6 Å². The number of carboxylic acid groups (broad SMARTS) is 1. The topological polar surface area (TPSA) is 151 Å². The van der Waals surface area contributed by atoms with Crippen molar-refractivity contribution >= 4 is 48.9 Å². The summed E-state index contributed by atoms with van der Waals surface area (Å²) in [6.07, 6.45) is 0.335. The van der Waals surface area contributed by atoms with Crippen LogP contribution in [0.2, 0.25) is 0 Å². The summed E-state index contributed by atoms with van der Waals surface area (Å²) < 4.78 is 0. The van der Waals surface area contributed by atoms with E-state index in [0.717, 1.165) is 0 Å². The molecule has 0 fully saturated rings. The highest BCUT2D eigenvalue weighted by Crippen LogP contribution is 2.07. The van der Waals surface area contributed by atoms with Crippen LogP contribution >= 0.6 is 25.3 Å². The summed E-state index contributed by atoms with van der Waals surface area (Å²) in [4.78, 5) is 48.3. The Hall–Kier alpha value is -1.46. The largest absolute Gasteiger partial charge is 0.480 e. The van der Waals surface area contributed by atoms with E-state index in [4.69, 9.17) is 5.73 Å². The maximum Gasteiger partial charge on any atom is 0.326 e. The Morgan fingerprint density at radius 3 is 1.75 bits per heavy atom. The van der Waals surface area contributed by atoms with Crippen molar-refractivity contribution in [1.29, 1.82) is 0 Å². The molecular weight excluding hydrogens is 404 g/mol. The van der Waals surface area contributed by atoms with Gasteiger partial charge in [-0.1, -0.05) is 27.7 Å². The molecule has 0 spiro atoms. The predicted octanol–water partition coefficient (Wildman–Crippen LogP) is -0.586. The van der Waals surface area contributed by atoms with Gasteiger partial charge in [0.1, 0.15) is 18.1 Å². The number of carbonyl (C=O) groups excluding carboxylic acids is 3. The number of hydrogen-bond acceptors (Lipinski definition) is 7. The molecule has 162 valence electrons. The highest BCUT2D eigenvalue weighted by Gasteiger charge is 2.30. The molecule has 28 heavy (non-hydrogen) atoms. The second-order valence-electron chi connectivity index (χ2n) is 7.29. The molecule has 9 nitrogen and oxygen atoms in total. The molecule has 11 heteroatoms. The van der Waals surface area contributed by atoms with Crippen molar-refractivity contribution < 1.29 is 24.3 Å². The number of thiol groups is 2. The SMILES string of the molecule is CC(C)CC(NC(=O)C(N)CS)C(=O)NC(CS)C(=O)NC(C(=O)O)C(C)C. The van der Waals surface area contributed by atoms with E-state index in [9.17, 15) is 24.3 Å². The Labute approximate surface area is 176 Å². The first-order valence-electron chi connectivity index (χ1n) is 9.05. The summed E-state index contributed by atoms with van der Waals surface area (Å²) in [6.45, 7) is 7.08. The molecule has 0 saturated heterocycles. The van der Waals surface area contributed by atoms with E-state index >= 15 is 0 Å². The van der Waals surface area contributed by atoms with Gasteiger partial charge in [0.2, 0.25) is 17.7 Å². The smallest absolute Gasteiger partial charge is 0.326 e. The molecule has 0 aliphatic carbocycles. The van der Waals surface area contributed by atoms with E-state index in [1.807, 2.05) is 13.8 Å². The highest BCUT2D eigenvalue weighted by molar-refractivity contribution is 7.80. The van der Waals surface area contributed by atoms with Gasteiger partial charge in [-0.25, -0.2) is 4.79 Å². The third kappa shape index (κ3) is 9.16. The number of hydrogen-bond donors (Lipinski definition) is 7. The van der Waals surface area contributed by atoms with E-state index in [1.54, 1.807) is 13.8 Å². The summed E-state index contributed by atoms with van der Waals surface area (Å²) in [7, 11) is 0. The third-order valence-corrected chi connectivity index (χ3v) is 4.68. The first-order valence-corrected chi connectivity index (χ1v) is 10.3. The van der Waals surface area contributed by atoms with Crippen LogP contribution in [-0.4, -0.2) is 64.5 Å². The molecular formula is C17H32N4O5S2. The van der Waals surface area contributed by atoms with Crippen molar-refractivity contribution in [3.05, 3.63) is 0 Å². The zero-order valence-electron chi connectivity index (χ0n) is 16.6. The molecule has 0 aromatic heterocycles. The van der Waals surface area contributed by atoms with E-state index in [-0.39, 0.29) is 23.3 Å². The Morgan fingerprint density at radius 2 is 1.36 bits per heavy atom. The summed E-state index contributed by atoms with van der Waals surface area (Å²) in [5.74, 6) is -3.09. The average Bonchev–Trinajstić information content (AvgIpc) is 2.61. The van der Waals surface area contributed by atoms with Gasteiger partial charge in [0.05, 0.1) is 6.04 Å². The lowest BCUT2D eigenvalue weighted by molar-refractivity contribution is -0.143. The van der Waals surface area contributed by atoms with E-state index in [1.165, 1.54) is 0 Å². The van der Waals surface area contributed by atoms with Crippen LogP contribution in [0.4, 0.5) is 0 Å². The summed E-state index contributed by atoms with van der Waals surface area (Å²) in [5.41, 5.74) is 5.63. The zero-order chi connectivity index (χ0) is 22.0. The van der Waals surface area contributed by atoms with Gasteiger partial charge >= 0.3 is 5.97 Å². The summed E-state index contributed by atoms with van der Waals surface area (Å²) in [5, 5.41) is 16.7. The lowest BCUT2D eigenvalue weighted by atomic mass is 10.0. The number of carboxylic acids is 1. The molecule has 0 aromatic carbocycles. The van der Waals surface area contributed by atoms with Gasteiger partial charge in [-0.15, -0.1) is 0 Å². The van der Waals surface area contributed by atoms with Crippen LogP contribution in [0.25, 0.3) is 0 Å². The number of nitrogens with two attached hydrogens (primary N) is 1. The van der Waals surface area contributed by atoms with Gasteiger partial charge in [-0.2, -0.15) is 25.3 Å². The van der Waals surface area contributed by atoms with Crippen LogP contribution in [0.3, 0.4) is 0 Å². The quantitative estimate of drug-likeness (QED) is 0.203. The van der Waals surface area contributed by atoms with Gasteiger partial charge in [0, 0.05) is 11.5 Å². The average molecular weight is 437 g/mol. The standard InChI is InChI=1S/C17H32N4O5S2/c1-8(2)5-11(19-14(22)10(18)6-27)15(23)20-12(7-28)16(24)21-13(9(3)4)17(25)26/h8-13,27-28H,5-7,18H2,1-4H3,(H,19,22)(H,20,23)(H,21,24)(H,25,26). The molecule has 0 aliphatic heterocycles. The Morgan fingerprint density at radius 1 is 0.857 bits per heavy atom. The van der Waals surface area contributed by atoms with Crippen LogP contribution in [-0.2, 0) is 19.2 Å². The van der Waals surface area contributed by atoms with Crippen molar-refractivity contribution in [1.82, 2.24) is 16.0 Å². The monoisotopic (exact) mass is 436 g/mol. The molecule has 0 saturated carbocycles. The van der Waals surface area contributed by atoms with Crippen molar-refractivity contribution in [3.8, 4) is 0 Å². The maximum atomic E-state index is 12.6. The molecule has 4 atom stereocenters.